The number of oxime groups is 1. The fourth-order valence-corrected chi connectivity index (χ4v) is 2.17. The van der Waals surface area contributed by atoms with Crippen molar-refractivity contribution in [1.29, 1.82) is 0 Å². The largest absolute Gasteiger partial charge is 0.389 e. The second-order valence-electron chi connectivity index (χ2n) is 3.84. The summed E-state index contributed by atoms with van der Waals surface area (Å²) in [4.78, 5) is 5.48. The Balaban J connectivity index is 2.01. The highest BCUT2D eigenvalue weighted by atomic mass is 16.7. The molecule has 1 spiro atoms. The van der Waals surface area contributed by atoms with Crippen LogP contribution in [0.15, 0.2) is 5.16 Å². The lowest BCUT2D eigenvalue weighted by Crippen LogP contribution is -2.31. The topological polar surface area (TPSA) is 21.6 Å². The highest BCUT2D eigenvalue weighted by Crippen LogP contribution is 2.37. The molecular weight excluding hydrogens is 138 g/mol. The molecule has 1 saturated carbocycles. The Morgan fingerprint density at radius 3 is 2.55 bits per heavy atom. The molecule has 0 atom stereocenters. The molecule has 62 valence electrons. The fourth-order valence-electron chi connectivity index (χ4n) is 2.17. The summed E-state index contributed by atoms with van der Waals surface area (Å²) in [5.74, 6) is 0. The summed E-state index contributed by atoms with van der Waals surface area (Å²) in [5.41, 5.74) is 1.31. The molecule has 0 saturated heterocycles. The van der Waals surface area contributed by atoms with Gasteiger partial charge in [-0.05, 0) is 32.6 Å². The molecule has 0 aromatic heterocycles. The van der Waals surface area contributed by atoms with Crippen molar-refractivity contribution in [3.8, 4) is 0 Å². The van der Waals surface area contributed by atoms with Gasteiger partial charge in [0.1, 0.15) is 5.60 Å². The van der Waals surface area contributed by atoms with Gasteiger partial charge in [0.25, 0.3) is 0 Å². The van der Waals surface area contributed by atoms with E-state index in [-0.39, 0.29) is 5.60 Å². The summed E-state index contributed by atoms with van der Waals surface area (Å²) in [6, 6.07) is 0. The molecule has 1 aliphatic heterocycles. The molecule has 0 radical (unpaired) electrons. The molecule has 2 heteroatoms. The van der Waals surface area contributed by atoms with E-state index in [2.05, 4.69) is 12.1 Å². The lowest BCUT2D eigenvalue weighted by Gasteiger charge is -2.30. The smallest absolute Gasteiger partial charge is 0.143 e. The number of hydrogen-bond acceptors (Lipinski definition) is 2. The van der Waals surface area contributed by atoms with Crippen molar-refractivity contribution in [2.45, 2.75) is 51.0 Å². The van der Waals surface area contributed by atoms with Crippen LogP contribution in [0.5, 0.6) is 0 Å². The van der Waals surface area contributed by atoms with Crippen molar-refractivity contribution in [2.75, 3.05) is 0 Å². The van der Waals surface area contributed by atoms with Gasteiger partial charge in [0, 0.05) is 6.42 Å². The van der Waals surface area contributed by atoms with Crippen LogP contribution in [0.4, 0.5) is 0 Å². The summed E-state index contributed by atoms with van der Waals surface area (Å²) in [7, 11) is 0. The van der Waals surface area contributed by atoms with Crippen molar-refractivity contribution in [3.63, 3.8) is 0 Å². The highest BCUT2D eigenvalue weighted by molar-refractivity contribution is 5.83. The predicted molar refractivity (Wildman–Crippen MR) is 44.6 cm³/mol. The van der Waals surface area contributed by atoms with Crippen LogP contribution in [0.3, 0.4) is 0 Å². The Hall–Kier alpha value is -0.530. The van der Waals surface area contributed by atoms with E-state index in [1.54, 1.807) is 0 Å². The Morgan fingerprint density at radius 1 is 1.27 bits per heavy atom. The molecule has 1 fully saturated rings. The SMILES string of the molecule is CC1=NOC2(CCCCC2)C1. The van der Waals surface area contributed by atoms with Gasteiger partial charge < -0.3 is 4.84 Å². The van der Waals surface area contributed by atoms with E-state index < -0.39 is 0 Å². The van der Waals surface area contributed by atoms with Crippen LogP contribution in [-0.2, 0) is 4.84 Å². The van der Waals surface area contributed by atoms with Crippen molar-refractivity contribution < 1.29 is 4.84 Å². The Kier molecular flexibility index (Phi) is 1.63. The van der Waals surface area contributed by atoms with E-state index >= 15 is 0 Å². The first-order valence-electron chi connectivity index (χ1n) is 4.52. The van der Waals surface area contributed by atoms with Gasteiger partial charge in [0.05, 0.1) is 5.71 Å². The third-order valence-corrected chi connectivity index (χ3v) is 2.74. The van der Waals surface area contributed by atoms with Gasteiger partial charge in [0.2, 0.25) is 0 Å². The summed E-state index contributed by atoms with van der Waals surface area (Å²) in [5, 5.41) is 4.03. The van der Waals surface area contributed by atoms with Crippen LogP contribution in [0.25, 0.3) is 0 Å². The van der Waals surface area contributed by atoms with Crippen LogP contribution in [0.1, 0.15) is 45.4 Å². The third kappa shape index (κ3) is 1.26. The van der Waals surface area contributed by atoms with Crippen LogP contribution < -0.4 is 0 Å². The van der Waals surface area contributed by atoms with Crippen molar-refractivity contribution in [1.82, 2.24) is 0 Å². The average Bonchev–Trinajstić information content (AvgIpc) is 2.34. The Morgan fingerprint density at radius 2 is 2.00 bits per heavy atom. The van der Waals surface area contributed by atoms with Gasteiger partial charge in [-0.3, -0.25) is 0 Å². The predicted octanol–water partition coefficient (Wildman–Crippen LogP) is 2.49. The molecule has 2 nitrogen and oxygen atoms in total. The van der Waals surface area contributed by atoms with Gasteiger partial charge in [-0.15, -0.1) is 0 Å². The molecule has 0 aromatic rings. The first-order valence-corrected chi connectivity index (χ1v) is 4.52. The van der Waals surface area contributed by atoms with Crippen molar-refractivity contribution >= 4 is 5.71 Å². The maximum absolute atomic E-state index is 5.48. The Labute approximate surface area is 67.6 Å². The number of hydrogen-bond donors (Lipinski definition) is 0. The lowest BCUT2D eigenvalue weighted by atomic mass is 9.82. The minimum absolute atomic E-state index is 0.141. The van der Waals surface area contributed by atoms with Crippen molar-refractivity contribution in [2.24, 2.45) is 5.16 Å². The zero-order chi connectivity index (χ0) is 7.73. The normalized spacial score (nSPS) is 28.3. The summed E-state index contributed by atoms with van der Waals surface area (Å²) in [6.45, 7) is 2.06. The minimum atomic E-state index is 0.141. The molecule has 0 N–H and O–H groups in total. The highest BCUT2D eigenvalue weighted by Gasteiger charge is 2.38. The van der Waals surface area contributed by atoms with Gasteiger partial charge >= 0.3 is 0 Å². The van der Waals surface area contributed by atoms with E-state index in [0.29, 0.717) is 0 Å². The quantitative estimate of drug-likeness (QED) is 0.524. The second-order valence-corrected chi connectivity index (χ2v) is 3.84. The monoisotopic (exact) mass is 153 g/mol. The molecule has 0 aromatic carbocycles. The zero-order valence-electron chi connectivity index (χ0n) is 7.10. The lowest BCUT2D eigenvalue weighted by molar-refractivity contribution is -0.0449. The van der Waals surface area contributed by atoms with E-state index in [1.807, 2.05) is 0 Å². The molecule has 2 rings (SSSR count). The fraction of sp³-hybridized carbons (Fsp3) is 0.889. The summed E-state index contributed by atoms with van der Waals surface area (Å²) < 4.78 is 0. The second kappa shape index (κ2) is 2.50. The van der Waals surface area contributed by atoms with Gasteiger partial charge in [0.15, 0.2) is 0 Å². The van der Waals surface area contributed by atoms with E-state index in [1.165, 1.54) is 37.8 Å². The summed E-state index contributed by atoms with van der Waals surface area (Å²) >= 11 is 0. The first kappa shape index (κ1) is 7.14. The van der Waals surface area contributed by atoms with Crippen LogP contribution in [-0.4, -0.2) is 11.3 Å². The van der Waals surface area contributed by atoms with E-state index in [0.717, 1.165) is 6.42 Å². The first-order chi connectivity index (χ1) is 5.31. The van der Waals surface area contributed by atoms with Gasteiger partial charge in [-0.1, -0.05) is 11.6 Å². The zero-order valence-corrected chi connectivity index (χ0v) is 7.10. The van der Waals surface area contributed by atoms with Gasteiger partial charge in [-0.25, -0.2) is 0 Å². The molecular formula is C9H15NO. The van der Waals surface area contributed by atoms with Crippen molar-refractivity contribution in [3.05, 3.63) is 0 Å². The van der Waals surface area contributed by atoms with Gasteiger partial charge in [-0.2, -0.15) is 0 Å². The average molecular weight is 153 g/mol. The molecule has 1 heterocycles. The summed E-state index contributed by atoms with van der Waals surface area (Å²) in [6.07, 6.45) is 7.53. The maximum Gasteiger partial charge on any atom is 0.143 e. The minimum Gasteiger partial charge on any atom is -0.389 e. The van der Waals surface area contributed by atoms with Crippen LogP contribution >= 0.6 is 0 Å². The molecule has 0 unspecified atom stereocenters. The molecule has 0 amide bonds. The molecule has 11 heavy (non-hydrogen) atoms. The molecule has 2 aliphatic rings. The van der Waals surface area contributed by atoms with E-state index in [4.69, 9.17) is 4.84 Å². The molecule has 0 bridgehead atoms. The Bertz CT molecular complexity index is 180. The third-order valence-electron chi connectivity index (χ3n) is 2.74. The van der Waals surface area contributed by atoms with Crippen LogP contribution in [0.2, 0.25) is 0 Å². The van der Waals surface area contributed by atoms with Crippen LogP contribution in [0, 0.1) is 0 Å². The standard InChI is InChI=1S/C9H15NO/c1-8-7-9(11-10-8)5-3-2-4-6-9/h2-7H2,1H3. The van der Waals surface area contributed by atoms with E-state index in [9.17, 15) is 0 Å². The maximum atomic E-state index is 5.48. The number of nitrogens with zero attached hydrogens (tertiary/aromatic N) is 1. The number of rotatable bonds is 0. The molecule has 1 aliphatic carbocycles.